The summed E-state index contributed by atoms with van der Waals surface area (Å²) >= 11 is 0. The maximum Gasteiger partial charge on any atom is 1.00 e. The van der Waals surface area contributed by atoms with Crippen LogP contribution in [0.3, 0.4) is 0 Å². The van der Waals surface area contributed by atoms with Gasteiger partial charge in [0.05, 0.1) is 0 Å². The molecule has 64 valence electrons. The summed E-state index contributed by atoms with van der Waals surface area (Å²) in [5.74, 6) is 0.362. The normalized spacial score (nSPS) is 11.4. The SMILES string of the molecule is O=[PH]([O-])Oc1ccccc1.[Cu+]. The fraction of sp³-hybridized carbons (Fsp3) is 0. The average Bonchev–Trinajstić information content (AvgIpc) is 1.88. The molecule has 1 atom stereocenters. The molecule has 5 heteroatoms. The van der Waals surface area contributed by atoms with E-state index in [9.17, 15) is 9.46 Å². The molecule has 0 fully saturated rings. The van der Waals surface area contributed by atoms with E-state index in [1.807, 2.05) is 0 Å². The minimum atomic E-state index is -3.09. The summed E-state index contributed by atoms with van der Waals surface area (Å²) in [6.45, 7) is 0. The van der Waals surface area contributed by atoms with Crippen molar-refractivity contribution in [1.29, 1.82) is 0 Å². The molecule has 1 aromatic carbocycles. The van der Waals surface area contributed by atoms with E-state index in [0.717, 1.165) is 0 Å². The first kappa shape index (κ1) is 10.7. The predicted octanol–water partition coefficient (Wildman–Crippen LogP) is 0.813. The zero-order valence-electron chi connectivity index (χ0n) is 5.41. The largest absolute Gasteiger partial charge is 1.00 e. The van der Waals surface area contributed by atoms with Gasteiger partial charge in [0, 0.05) is 0 Å². The minimum absolute atomic E-state index is 0. The Hall–Kier alpha value is -0.271. The van der Waals surface area contributed by atoms with Crippen molar-refractivity contribution >= 4 is 8.25 Å². The van der Waals surface area contributed by atoms with Crippen LogP contribution < -0.4 is 9.42 Å². The molecule has 0 spiro atoms. The summed E-state index contributed by atoms with van der Waals surface area (Å²) in [5, 5.41) is 0. The molecule has 11 heavy (non-hydrogen) atoms. The van der Waals surface area contributed by atoms with Gasteiger partial charge in [-0.15, -0.1) is 0 Å². The van der Waals surface area contributed by atoms with Crippen LogP contribution in [0.15, 0.2) is 30.3 Å². The third-order valence-electron chi connectivity index (χ3n) is 0.944. The Bertz CT molecular complexity index is 227. The van der Waals surface area contributed by atoms with Gasteiger partial charge in [-0.05, 0) is 12.1 Å². The Kier molecular flexibility index (Phi) is 5.26. The molecule has 1 rings (SSSR count). The fourth-order valence-electron chi connectivity index (χ4n) is 0.585. The Morgan fingerprint density at radius 1 is 1.27 bits per heavy atom. The standard InChI is InChI=1S/C6H7O3P.Cu/c7-10(8)9-6-4-2-1-3-5-6;/h1-5,10H,(H,7,8);/q;+1/p-1. The van der Waals surface area contributed by atoms with Crippen molar-refractivity contribution in [3.05, 3.63) is 30.3 Å². The van der Waals surface area contributed by atoms with Crippen LogP contribution in [0, 0.1) is 0 Å². The second-order valence-electron chi connectivity index (χ2n) is 1.67. The smallest absolute Gasteiger partial charge is 0.771 e. The number of rotatable bonds is 2. The van der Waals surface area contributed by atoms with Crippen molar-refractivity contribution in [2.24, 2.45) is 0 Å². The van der Waals surface area contributed by atoms with Crippen molar-refractivity contribution in [3.63, 3.8) is 0 Å². The van der Waals surface area contributed by atoms with E-state index in [1.54, 1.807) is 30.3 Å². The van der Waals surface area contributed by atoms with Crippen LogP contribution in [0.4, 0.5) is 0 Å². The van der Waals surface area contributed by atoms with Crippen LogP contribution in [0.25, 0.3) is 0 Å². The molecular formula is C6H6CuO3P. The quantitative estimate of drug-likeness (QED) is 0.548. The first-order chi connectivity index (χ1) is 4.79. The Balaban J connectivity index is 0.000001000. The molecule has 0 bridgehead atoms. The van der Waals surface area contributed by atoms with Crippen molar-refractivity contribution in [3.8, 4) is 5.75 Å². The molecule has 0 aromatic heterocycles. The first-order valence-electron chi connectivity index (χ1n) is 2.73. The van der Waals surface area contributed by atoms with E-state index in [2.05, 4.69) is 4.52 Å². The predicted molar refractivity (Wildman–Crippen MR) is 36.1 cm³/mol. The third-order valence-corrected chi connectivity index (χ3v) is 1.35. The molecule has 0 amide bonds. The van der Waals surface area contributed by atoms with Crippen molar-refractivity contribution < 1.29 is 31.1 Å². The molecule has 1 aromatic rings. The van der Waals surface area contributed by atoms with E-state index in [4.69, 9.17) is 0 Å². The Labute approximate surface area is 75.8 Å². The van der Waals surface area contributed by atoms with Gasteiger partial charge in [0.2, 0.25) is 0 Å². The summed E-state index contributed by atoms with van der Waals surface area (Å²) in [6, 6.07) is 8.37. The summed E-state index contributed by atoms with van der Waals surface area (Å²) in [7, 11) is -3.09. The molecule has 0 N–H and O–H groups in total. The van der Waals surface area contributed by atoms with E-state index >= 15 is 0 Å². The van der Waals surface area contributed by atoms with Gasteiger partial charge in [0.1, 0.15) is 5.75 Å². The second-order valence-corrected chi connectivity index (χ2v) is 2.37. The molecule has 0 aliphatic rings. The summed E-state index contributed by atoms with van der Waals surface area (Å²) in [5.41, 5.74) is 0. The van der Waals surface area contributed by atoms with Crippen molar-refractivity contribution in [2.45, 2.75) is 0 Å². The van der Waals surface area contributed by atoms with E-state index in [0.29, 0.717) is 5.75 Å². The maximum absolute atomic E-state index is 10.0. The van der Waals surface area contributed by atoms with Gasteiger partial charge < -0.3 is 9.42 Å². The third kappa shape index (κ3) is 4.23. The van der Waals surface area contributed by atoms with Gasteiger partial charge in [0.25, 0.3) is 0 Å². The minimum Gasteiger partial charge on any atom is -0.771 e. The number of hydrogen-bond donors (Lipinski definition) is 0. The van der Waals surface area contributed by atoms with Gasteiger partial charge in [0.15, 0.2) is 8.25 Å². The number of benzene rings is 1. The summed E-state index contributed by atoms with van der Waals surface area (Å²) in [6.07, 6.45) is 0. The van der Waals surface area contributed by atoms with Crippen molar-refractivity contribution in [2.75, 3.05) is 0 Å². The van der Waals surface area contributed by atoms with Crippen LogP contribution in [0.2, 0.25) is 0 Å². The van der Waals surface area contributed by atoms with Crippen LogP contribution >= 0.6 is 8.25 Å². The van der Waals surface area contributed by atoms with Gasteiger partial charge in [-0.3, -0.25) is 4.57 Å². The van der Waals surface area contributed by atoms with Crippen LogP contribution in [0.5, 0.6) is 5.75 Å². The number of hydrogen-bond acceptors (Lipinski definition) is 3. The van der Waals surface area contributed by atoms with E-state index in [1.165, 1.54) is 0 Å². The fourth-order valence-corrected chi connectivity index (χ4v) is 0.913. The second kappa shape index (κ2) is 5.39. The molecule has 0 aliphatic heterocycles. The van der Waals surface area contributed by atoms with Crippen LogP contribution in [0.1, 0.15) is 0 Å². The Morgan fingerprint density at radius 3 is 2.27 bits per heavy atom. The maximum atomic E-state index is 10.0. The van der Waals surface area contributed by atoms with Gasteiger partial charge >= 0.3 is 17.1 Å². The molecule has 3 nitrogen and oxygen atoms in total. The number of para-hydroxylation sites is 1. The van der Waals surface area contributed by atoms with E-state index < -0.39 is 8.25 Å². The van der Waals surface area contributed by atoms with Crippen molar-refractivity contribution in [1.82, 2.24) is 0 Å². The topological polar surface area (TPSA) is 49.4 Å². The molecular weight excluding hydrogens is 215 g/mol. The summed E-state index contributed by atoms with van der Waals surface area (Å²) in [4.78, 5) is 10.0. The van der Waals surface area contributed by atoms with E-state index in [-0.39, 0.29) is 17.1 Å². The average molecular weight is 221 g/mol. The molecule has 0 saturated heterocycles. The molecule has 0 radical (unpaired) electrons. The first-order valence-corrected chi connectivity index (χ1v) is 3.95. The zero-order chi connectivity index (χ0) is 7.40. The van der Waals surface area contributed by atoms with Gasteiger partial charge in [-0.25, -0.2) is 0 Å². The zero-order valence-corrected chi connectivity index (χ0v) is 7.35. The monoisotopic (exact) mass is 220 g/mol. The molecule has 0 heterocycles. The van der Waals surface area contributed by atoms with Crippen LogP contribution in [-0.4, -0.2) is 0 Å². The molecule has 0 aliphatic carbocycles. The molecule has 0 saturated carbocycles. The van der Waals surface area contributed by atoms with Crippen LogP contribution in [-0.2, 0) is 21.6 Å². The van der Waals surface area contributed by atoms with Gasteiger partial charge in [-0.1, -0.05) is 18.2 Å². The summed E-state index contributed by atoms with van der Waals surface area (Å²) < 4.78 is 14.4. The molecule has 1 unspecified atom stereocenters. The Morgan fingerprint density at radius 2 is 1.82 bits per heavy atom. The van der Waals surface area contributed by atoms with Gasteiger partial charge in [-0.2, -0.15) is 0 Å².